The molecular formula is C19H18N2O6. The summed E-state index contributed by atoms with van der Waals surface area (Å²) in [5.41, 5.74) is 0.542. The van der Waals surface area contributed by atoms with E-state index in [0.29, 0.717) is 28.6 Å². The number of allylic oxidation sites excluding steroid dienone is 1. The molecule has 2 heterocycles. The topological polar surface area (TPSA) is 104 Å². The van der Waals surface area contributed by atoms with Crippen LogP contribution in [0.4, 0.5) is 0 Å². The van der Waals surface area contributed by atoms with E-state index < -0.39 is 5.56 Å². The highest BCUT2D eigenvalue weighted by atomic mass is 16.5. The van der Waals surface area contributed by atoms with Gasteiger partial charge < -0.3 is 23.6 Å². The van der Waals surface area contributed by atoms with Crippen molar-refractivity contribution < 1.29 is 23.4 Å². The van der Waals surface area contributed by atoms with Gasteiger partial charge in [0, 0.05) is 0 Å². The molecule has 0 unspecified atom stereocenters. The van der Waals surface area contributed by atoms with Crippen LogP contribution in [0.3, 0.4) is 0 Å². The van der Waals surface area contributed by atoms with Gasteiger partial charge in [0.25, 0.3) is 5.56 Å². The summed E-state index contributed by atoms with van der Waals surface area (Å²) >= 11 is 0. The summed E-state index contributed by atoms with van der Waals surface area (Å²) in [6.07, 6.45) is 4.17. The second-order valence-corrected chi connectivity index (χ2v) is 5.60. The predicted octanol–water partition coefficient (Wildman–Crippen LogP) is 2.75. The van der Waals surface area contributed by atoms with Crippen molar-refractivity contribution >= 4 is 23.0 Å². The third-order valence-electron chi connectivity index (χ3n) is 4.03. The summed E-state index contributed by atoms with van der Waals surface area (Å²) in [4.78, 5) is 31.1. The SMILES string of the molecule is COc1cc(/C=C/C(=O)c2c(C)oc3nc[nH]c(=O)c23)cc(OC)c1OC. The minimum Gasteiger partial charge on any atom is -0.493 e. The molecule has 3 rings (SSSR count). The van der Waals surface area contributed by atoms with Crippen molar-refractivity contribution in [3.8, 4) is 17.2 Å². The molecule has 27 heavy (non-hydrogen) atoms. The molecule has 0 spiro atoms. The van der Waals surface area contributed by atoms with E-state index in [-0.39, 0.29) is 22.4 Å². The number of furan rings is 1. The Bertz CT molecular complexity index is 1070. The van der Waals surface area contributed by atoms with Crippen molar-refractivity contribution in [1.29, 1.82) is 0 Å². The number of ketones is 1. The van der Waals surface area contributed by atoms with Crippen LogP contribution in [0, 0.1) is 6.92 Å². The van der Waals surface area contributed by atoms with Crippen LogP contribution in [-0.4, -0.2) is 37.1 Å². The number of H-pyrrole nitrogens is 1. The van der Waals surface area contributed by atoms with E-state index in [0.717, 1.165) is 0 Å². The van der Waals surface area contributed by atoms with Gasteiger partial charge in [0.2, 0.25) is 11.5 Å². The number of aryl methyl sites for hydroxylation is 1. The smallest absolute Gasteiger partial charge is 0.262 e. The highest BCUT2D eigenvalue weighted by molar-refractivity contribution is 6.14. The maximum absolute atomic E-state index is 12.7. The lowest BCUT2D eigenvalue weighted by Crippen LogP contribution is -2.09. The first-order chi connectivity index (χ1) is 13.0. The van der Waals surface area contributed by atoms with Crippen molar-refractivity contribution in [2.24, 2.45) is 0 Å². The second-order valence-electron chi connectivity index (χ2n) is 5.60. The number of hydrogen-bond donors (Lipinski definition) is 1. The largest absolute Gasteiger partial charge is 0.493 e. The summed E-state index contributed by atoms with van der Waals surface area (Å²) in [5, 5.41) is 0.134. The Balaban J connectivity index is 2.01. The highest BCUT2D eigenvalue weighted by Crippen LogP contribution is 2.38. The summed E-state index contributed by atoms with van der Waals surface area (Å²) < 4.78 is 21.3. The monoisotopic (exact) mass is 370 g/mol. The molecule has 1 N–H and O–H groups in total. The molecule has 0 aliphatic heterocycles. The maximum Gasteiger partial charge on any atom is 0.262 e. The van der Waals surface area contributed by atoms with Crippen molar-refractivity contribution in [2.75, 3.05) is 21.3 Å². The standard InChI is InChI=1S/C19H18N2O6/c1-10-15(16-18(23)20-9-21-19(16)27-10)12(22)6-5-11-7-13(24-2)17(26-4)14(8-11)25-3/h5-9H,1-4H3,(H,20,21,23)/b6-5+. The molecule has 0 aliphatic rings. The van der Waals surface area contributed by atoms with E-state index in [4.69, 9.17) is 18.6 Å². The second kappa shape index (κ2) is 7.36. The quantitative estimate of drug-likeness (QED) is 0.525. The number of nitrogens with zero attached hydrogens (tertiary/aromatic N) is 1. The molecule has 0 saturated carbocycles. The number of aromatic amines is 1. The van der Waals surface area contributed by atoms with Gasteiger partial charge in [-0.15, -0.1) is 0 Å². The van der Waals surface area contributed by atoms with Gasteiger partial charge in [-0.1, -0.05) is 6.08 Å². The van der Waals surface area contributed by atoms with Gasteiger partial charge >= 0.3 is 0 Å². The zero-order valence-corrected chi connectivity index (χ0v) is 15.3. The average Bonchev–Trinajstić information content (AvgIpc) is 3.02. The summed E-state index contributed by atoms with van der Waals surface area (Å²) in [6.45, 7) is 1.61. The zero-order chi connectivity index (χ0) is 19.6. The number of ether oxygens (including phenoxy) is 3. The van der Waals surface area contributed by atoms with Gasteiger partial charge in [0.1, 0.15) is 11.1 Å². The summed E-state index contributed by atoms with van der Waals surface area (Å²) in [5.74, 6) is 1.34. The lowest BCUT2D eigenvalue weighted by Gasteiger charge is -2.12. The van der Waals surface area contributed by atoms with Gasteiger partial charge in [0.05, 0.1) is 33.2 Å². The lowest BCUT2D eigenvalue weighted by molar-refractivity contribution is 0.104. The molecule has 1 aromatic carbocycles. The van der Waals surface area contributed by atoms with Gasteiger partial charge in [-0.25, -0.2) is 4.98 Å². The fraction of sp³-hybridized carbons (Fsp3) is 0.211. The number of benzene rings is 1. The van der Waals surface area contributed by atoms with Gasteiger partial charge in [0.15, 0.2) is 17.3 Å². The van der Waals surface area contributed by atoms with Crippen LogP contribution >= 0.6 is 0 Å². The average molecular weight is 370 g/mol. The first-order valence-corrected chi connectivity index (χ1v) is 7.99. The Labute approximate surface area is 154 Å². The van der Waals surface area contributed by atoms with Crippen molar-refractivity contribution in [3.63, 3.8) is 0 Å². The normalized spacial score (nSPS) is 11.1. The summed E-state index contributed by atoms with van der Waals surface area (Å²) in [6, 6.07) is 3.42. The molecule has 140 valence electrons. The fourth-order valence-corrected chi connectivity index (χ4v) is 2.80. The predicted molar refractivity (Wildman–Crippen MR) is 98.8 cm³/mol. The Hall–Kier alpha value is -3.55. The minimum absolute atomic E-state index is 0.126. The van der Waals surface area contributed by atoms with Crippen molar-refractivity contribution in [2.45, 2.75) is 6.92 Å². The first kappa shape index (κ1) is 18.2. The van der Waals surface area contributed by atoms with E-state index in [1.807, 2.05) is 0 Å². The zero-order valence-electron chi connectivity index (χ0n) is 15.3. The number of fused-ring (bicyclic) bond motifs is 1. The van der Waals surface area contributed by atoms with Gasteiger partial charge in [-0.2, -0.15) is 0 Å². The van der Waals surface area contributed by atoms with Gasteiger partial charge in [-0.05, 0) is 30.7 Å². The van der Waals surface area contributed by atoms with Crippen LogP contribution in [-0.2, 0) is 0 Å². The van der Waals surface area contributed by atoms with Crippen molar-refractivity contribution in [3.05, 3.63) is 51.8 Å². The molecule has 2 aromatic heterocycles. The molecule has 8 nitrogen and oxygen atoms in total. The Morgan fingerprint density at radius 3 is 2.41 bits per heavy atom. The van der Waals surface area contributed by atoms with Crippen LogP contribution in [0.1, 0.15) is 21.7 Å². The molecule has 8 heteroatoms. The summed E-state index contributed by atoms with van der Waals surface area (Å²) in [7, 11) is 4.53. The molecule has 0 fully saturated rings. The fourth-order valence-electron chi connectivity index (χ4n) is 2.80. The van der Waals surface area contributed by atoms with Crippen LogP contribution in [0.25, 0.3) is 17.2 Å². The Kier molecular flexibility index (Phi) is 4.98. The maximum atomic E-state index is 12.7. The number of hydrogen-bond acceptors (Lipinski definition) is 7. The van der Waals surface area contributed by atoms with Crippen molar-refractivity contribution in [1.82, 2.24) is 9.97 Å². The molecule has 0 aliphatic carbocycles. The number of aromatic nitrogens is 2. The molecular weight excluding hydrogens is 352 g/mol. The van der Waals surface area contributed by atoms with Crippen LogP contribution in [0.15, 0.2) is 33.7 Å². The van der Waals surface area contributed by atoms with E-state index in [9.17, 15) is 9.59 Å². The number of carbonyl (C=O) groups excluding carboxylic acids is 1. The third kappa shape index (κ3) is 3.29. The van der Waals surface area contributed by atoms with E-state index in [1.165, 1.54) is 33.7 Å². The molecule has 0 radical (unpaired) electrons. The molecule has 0 saturated heterocycles. The number of methoxy groups -OCH3 is 3. The Morgan fingerprint density at radius 1 is 1.15 bits per heavy atom. The lowest BCUT2D eigenvalue weighted by atomic mass is 10.1. The van der Waals surface area contributed by atoms with E-state index in [2.05, 4.69) is 9.97 Å². The molecule has 3 aromatic rings. The molecule has 0 amide bonds. The first-order valence-electron chi connectivity index (χ1n) is 7.99. The van der Waals surface area contributed by atoms with Crippen LogP contribution in [0.2, 0.25) is 0 Å². The molecule has 0 atom stereocenters. The Morgan fingerprint density at radius 2 is 1.81 bits per heavy atom. The van der Waals surface area contributed by atoms with E-state index >= 15 is 0 Å². The number of rotatable bonds is 6. The number of carbonyl (C=O) groups is 1. The minimum atomic E-state index is -0.429. The van der Waals surface area contributed by atoms with Crippen LogP contribution in [0.5, 0.6) is 17.2 Å². The third-order valence-corrected chi connectivity index (χ3v) is 4.03. The van der Waals surface area contributed by atoms with Gasteiger partial charge in [-0.3, -0.25) is 9.59 Å². The van der Waals surface area contributed by atoms with Crippen LogP contribution < -0.4 is 19.8 Å². The highest BCUT2D eigenvalue weighted by Gasteiger charge is 2.20. The molecule has 0 bridgehead atoms. The number of nitrogens with one attached hydrogen (secondary N) is 1. The van der Waals surface area contributed by atoms with E-state index in [1.54, 1.807) is 25.1 Å².